The summed E-state index contributed by atoms with van der Waals surface area (Å²) in [5.74, 6) is -0.400. The van der Waals surface area contributed by atoms with Crippen LogP contribution < -0.4 is 11.1 Å². The number of nitrogens with one attached hydrogen (secondary N) is 1. The van der Waals surface area contributed by atoms with E-state index in [1.54, 1.807) is 6.07 Å². The summed E-state index contributed by atoms with van der Waals surface area (Å²) >= 11 is 0. The summed E-state index contributed by atoms with van der Waals surface area (Å²) in [6.45, 7) is 2.28. The lowest BCUT2D eigenvalue weighted by molar-refractivity contribution is 0.316. The van der Waals surface area contributed by atoms with E-state index in [9.17, 15) is 4.39 Å². The average molecular weight is 287 g/mol. The Morgan fingerprint density at radius 2 is 2.00 bits per heavy atom. The summed E-state index contributed by atoms with van der Waals surface area (Å²) in [5, 5.41) is 15.3. The summed E-state index contributed by atoms with van der Waals surface area (Å²) in [6.07, 6.45) is 0. The van der Waals surface area contributed by atoms with Crippen molar-refractivity contribution in [3.8, 4) is 0 Å². The fourth-order valence-electron chi connectivity index (χ4n) is 2.19. The van der Waals surface area contributed by atoms with Gasteiger partial charge in [-0.3, -0.25) is 0 Å². The van der Waals surface area contributed by atoms with Gasteiger partial charge in [-0.15, -0.1) is 0 Å². The largest absolute Gasteiger partial charge is 0.409 e. The molecule has 0 aromatic heterocycles. The van der Waals surface area contributed by atoms with Crippen molar-refractivity contribution in [2.75, 3.05) is 11.9 Å². The summed E-state index contributed by atoms with van der Waals surface area (Å²) in [5.41, 5.74) is 8.35. The Bertz CT molecular complexity index is 629. The van der Waals surface area contributed by atoms with Gasteiger partial charge in [0, 0.05) is 12.2 Å². The van der Waals surface area contributed by atoms with Gasteiger partial charge >= 0.3 is 0 Å². The molecular weight excluding hydrogens is 269 g/mol. The van der Waals surface area contributed by atoms with Gasteiger partial charge in [-0.05, 0) is 36.2 Å². The molecule has 0 amide bonds. The maximum absolute atomic E-state index is 13.1. The third-order valence-corrected chi connectivity index (χ3v) is 3.36. The minimum atomic E-state index is -0.269. The molecule has 0 saturated carbocycles. The van der Waals surface area contributed by atoms with Crippen LogP contribution in [0.25, 0.3) is 0 Å². The Labute approximate surface area is 123 Å². The number of aryl methyl sites for hydroxylation is 1. The fourth-order valence-corrected chi connectivity index (χ4v) is 2.19. The predicted molar refractivity (Wildman–Crippen MR) is 82.2 cm³/mol. The number of anilines is 1. The lowest BCUT2D eigenvalue weighted by Gasteiger charge is -2.18. The average Bonchev–Trinajstić information content (AvgIpc) is 2.50. The predicted octanol–water partition coefficient (Wildman–Crippen LogP) is 3.08. The molecule has 0 saturated heterocycles. The molecule has 4 N–H and O–H groups in total. The van der Waals surface area contributed by atoms with E-state index in [-0.39, 0.29) is 17.6 Å². The van der Waals surface area contributed by atoms with Gasteiger partial charge in [0.25, 0.3) is 0 Å². The van der Waals surface area contributed by atoms with E-state index in [2.05, 4.69) is 10.5 Å². The molecule has 0 bridgehead atoms. The normalized spacial score (nSPS) is 13.0. The zero-order valence-corrected chi connectivity index (χ0v) is 11.8. The third kappa shape index (κ3) is 3.72. The molecule has 2 aromatic carbocycles. The van der Waals surface area contributed by atoms with Gasteiger partial charge in [0.05, 0.1) is 5.92 Å². The van der Waals surface area contributed by atoms with Gasteiger partial charge in [-0.1, -0.05) is 35.5 Å². The van der Waals surface area contributed by atoms with Crippen molar-refractivity contribution in [3.63, 3.8) is 0 Å². The molecule has 0 fully saturated rings. The van der Waals surface area contributed by atoms with Crippen molar-refractivity contribution in [2.45, 2.75) is 12.8 Å². The van der Waals surface area contributed by atoms with Crippen LogP contribution in [0.1, 0.15) is 17.0 Å². The topological polar surface area (TPSA) is 70.6 Å². The first-order chi connectivity index (χ1) is 10.1. The molecule has 0 radical (unpaired) electrons. The lowest BCUT2D eigenvalue weighted by Crippen LogP contribution is -2.28. The molecule has 0 aliphatic heterocycles. The monoisotopic (exact) mass is 287 g/mol. The Hall–Kier alpha value is -2.56. The molecule has 2 rings (SSSR count). The zero-order valence-electron chi connectivity index (χ0n) is 11.8. The van der Waals surface area contributed by atoms with E-state index in [4.69, 9.17) is 10.9 Å². The molecule has 0 spiro atoms. The highest BCUT2D eigenvalue weighted by molar-refractivity contribution is 5.87. The van der Waals surface area contributed by atoms with Crippen molar-refractivity contribution in [3.05, 3.63) is 65.5 Å². The number of hydrogen-bond donors (Lipinski definition) is 3. The summed E-state index contributed by atoms with van der Waals surface area (Å²) in [7, 11) is 0. The van der Waals surface area contributed by atoms with Crippen LogP contribution in [0.4, 0.5) is 10.1 Å². The standard InChI is InChI=1S/C16H18FN3O/c1-11-9-13(17)7-8-15(11)19-10-14(16(18)20-21)12-5-3-2-4-6-12/h2-9,14,19,21H,10H2,1H3,(H2,18,20). The molecule has 1 unspecified atom stereocenters. The third-order valence-electron chi connectivity index (χ3n) is 3.36. The molecule has 21 heavy (non-hydrogen) atoms. The molecule has 110 valence electrons. The van der Waals surface area contributed by atoms with Crippen molar-refractivity contribution in [1.29, 1.82) is 0 Å². The fraction of sp³-hybridized carbons (Fsp3) is 0.188. The van der Waals surface area contributed by atoms with Crippen LogP contribution in [0.2, 0.25) is 0 Å². The molecule has 5 heteroatoms. The molecule has 4 nitrogen and oxygen atoms in total. The first-order valence-corrected chi connectivity index (χ1v) is 6.64. The number of nitrogens with zero attached hydrogens (tertiary/aromatic N) is 1. The van der Waals surface area contributed by atoms with Crippen LogP contribution in [-0.2, 0) is 0 Å². The Balaban J connectivity index is 2.17. The molecule has 1 atom stereocenters. The number of amidine groups is 1. The van der Waals surface area contributed by atoms with Gasteiger partial charge in [-0.25, -0.2) is 4.39 Å². The Kier molecular flexibility index (Phi) is 4.77. The van der Waals surface area contributed by atoms with E-state index >= 15 is 0 Å². The van der Waals surface area contributed by atoms with Crippen molar-refractivity contribution >= 4 is 11.5 Å². The summed E-state index contributed by atoms with van der Waals surface area (Å²) in [6, 6.07) is 14.1. The maximum Gasteiger partial charge on any atom is 0.148 e. The second-order valence-electron chi connectivity index (χ2n) is 4.83. The number of benzene rings is 2. The number of halogens is 1. The minimum Gasteiger partial charge on any atom is -0.409 e. The van der Waals surface area contributed by atoms with Crippen LogP contribution in [0, 0.1) is 12.7 Å². The molecular formula is C16H18FN3O. The van der Waals surface area contributed by atoms with Crippen LogP contribution in [0.15, 0.2) is 53.7 Å². The highest BCUT2D eigenvalue weighted by Crippen LogP contribution is 2.20. The van der Waals surface area contributed by atoms with E-state index < -0.39 is 0 Å². The van der Waals surface area contributed by atoms with Crippen LogP contribution >= 0.6 is 0 Å². The van der Waals surface area contributed by atoms with Gasteiger partial charge in [0.1, 0.15) is 11.7 Å². The number of nitrogens with two attached hydrogens (primary N) is 1. The van der Waals surface area contributed by atoms with Crippen molar-refractivity contribution in [1.82, 2.24) is 0 Å². The number of oxime groups is 1. The van der Waals surface area contributed by atoms with Crippen molar-refractivity contribution in [2.24, 2.45) is 10.9 Å². The molecule has 2 aromatic rings. The Morgan fingerprint density at radius 1 is 1.29 bits per heavy atom. The summed E-state index contributed by atoms with van der Waals surface area (Å²) < 4.78 is 13.1. The van der Waals surface area contributed by atoms with Gasteiger partial charge in [0.2, 0.25) is 0 Å². The van der Waals surface area contributed by atoms with Crippen molar-refractivity contribution < 1.29 is 9.60 Å². The Morgan fingerprint density at radius 3 is 2.62 bits per heavy atom. The lowest BCUT2D eigenvalue weighted by atomic mass is 9.98. The van der Waals surface area contributed by atoms with Crippen LogP contribution in [0.3, 0.4) is 0 Å². The first-order valence-electron chi connectivity index (χ1n) is 6.64. The SMILES string of the molecule is Cc1cc(F)ccc1NCC(C(N)=NO)c1ccccc1. The van der Waals surface area contributed by atoms with E-state index in [0.29, 0.717) is 6.54 Å². The van der Waals surface area contributed by atoms with E-state index in [1.165, 1.54) is 12.1 Å². The van der Waals surface area contributed by atoms with Crippen LogP contribution in [0.5, 0.6) is 0 Å². The first kappa shape index (κ1) is 14.8. The van der Waals surface area contributed by atoms with Gasteiger partial charge < -0.3 is 16.3 Å². The highest BCUT2D eigenvalue weighted by Gasteiger charge is 2.16. The molecule has 0 heterocycles. The van der Waals surface area contributed by atoms with E-state index in [1.807, 2.05) is 37.3 Å². The maximum atomic E-state index is 13.1. The second-order valence-corrected chi connectivity index (χ2v) is 4.83. The van der Waals surface area contributed by atoms with Gasteiger partial charge in [0.15, 0.2) is 0 Å². The van der Waals surface area contributed by atoms with E-state index in [0.717, 1.165) is 16.8 Å². The quantitative estimate of drug-likeness (QED) is 0.342. The summed E-state index contributed by atoms with van der Waals surface area (Å²) in [4.78, 5) is 0. The second kappa shape index (κ2) is 6.74. The minimum absolute atomic E-state index is 0.133. The van der Waals surface area contributed by atoms with Gasteiger partial charge in [-0.2, -0.15) is 0 Å². The number of hydrogen-bond acceptors (Lipinski definition) is 3. The molecule has 0 aliphatic rings. The highest BCUT2D eigenvalue weighted by atomic mass is 19.1. The zero-order chi connectivity index (χ0) is 15.2. The number of rotatable bonds is 5. The smallest absolute Gasteiger partial charge is 0.148 e. The van der Waals surface area contributed by atoms with Crippen LogP contribution in [-0.4, -0.2) is 17.6 Å². The molecule has 0 aliphatic carbocycles.